The van der Waals surface area contributed by atoms with Crippen molar-refractivity contribution in [2.75, 3.05) is 0 Å². The van der Waals surface area contributed by atoms with E-state index in [1.54, 1.807) is 60.7 Å². The van der Waals surface area contributed by atoms with E-state index in [-0.39, 0.29) is 30.1 Å². The first-order chi connectivity index (χ1) is 24.0. The molecule has 0 saturated heterocycles. The van der Waals surface area contributed by atoms with Crippen molar-refractivity contribution in [2.24, 2.45) is 10.2 Å². The molecule has 6 aromatic rings. The predicted octanol–water partition coefficient (Wildman–Crippen LogP) is 9.03. The van der Waals surface area contributed by atoms with Gasteiger partial charge in [0.25, 0.3) is 0 Å². The summed E-state index contributed by atoms with van der Waals surface area (Å²) >= 11 is 5.15. The lowest BCUT2D eigenvalue weighted by atomic mass is 10.1. The molecule has 15 heteroatoms. The average molecular weight is 714 g/mol. The molecule has 0 amide bonds. The third kappa shape index (κ3) is 8.71. The lowest BCUT2D eigenvalue weighted by Gasteiger charge is -2.10. The number of aldehydes is 1. The highest BCUT2D eigenvalue weighted by molar-refractivity contribution is 6.22. The Labute approximate surface area is 283 Å². The lowest BCUT2D eigenvalue weighted by molar-refractivity contribution is 0.111. The number of rotatable bonds is 5. The average Bonchev–Trinajstić information content (AvgIpc) is 3.15. The van der Waals surface area contributed by atoms with Crippen molar-refractivity contribution in [1.29, 1.82) is 0 Å². The highest BCUT2D eigenvalue weighted by Crippen LogP contribution is 2.30. The van der Waals surface area contributed by atoms with Crippen LogP contribution >= 0.6 is 11.8 Å². The number of nitrogens with two attached hydrogens (primary N) is 1. The largest absolute Gasteiger partial charge is 0.382 e. The Balaban J connectivity index is 0.000000209. The van der Waals surface area contributed by atoms with Crippen LogP contribution in [-0.4, -0.2) is 27.1 Å². The van der Waals surface area contributed by atoms with Crippen LogP contribution in [0.5, 0.6) is 0 Å². The molecule has 0 fully saturated rings. The van der Waals surface area contributed by atoms with Crippen LogP contribution in [-0.2, 0) is 0 Å². The minimum atomic E-state index is -1.68. The summed E-state index contributed by atoms with van der Waals surface area (Å²) in [6.07, 6.45) is -0.281. The van der Waals surface area contributed by atoms with Crippen molar-refractivity contribution >= 4 is 23.9 Å². The maximum atomic E-state index is 14.3. The molecule has 5 aromatic carbocycles. The van der Waals surface area contributed by atoms with Gasteiger partial charge >= 0.3 is 0 Å². The van der Waals surface area contributed by atoms with Crippen molar-refractivity contribution in [3.8, 4) is 34.2 Å². The summed E-state index contributed by atoms with van der Waals surface area (Å²) in [6.45, 7) is 0. The fourth-order valence-electron chi connectivity index (χ4n) is 4.04. The van der Waals surface area contributed by atoms with E-state index in [1.807, 2.05) is 30.3 Å². The molecule has 0 aliphatic heterocycles. The molecule has 0 spiro atoms. The lowest BCUT2D eigenvalue weighted by Crippen LogP contribution is -2.11. The third-order valence-corrected chi connectivity index (χ3v) is 6.64. The maximum Gasteiger partial charge on any atom is 0.173 e. The number of aromatic nitrogens is 3. The Morgan fingerprint density at radius 2 is 0.920 bits per heavy atom. The zero-order valence-corrected chi connectivity index (χ0v) is 25.8. The number of hydrogen-bond acceptors (Lipinski definition) is 5. The highest BCUT2D eigenvalue weighted by Gasteiger charge is 2.24. The van der Waals surface area contributed by atoms with Crippen LogP contribution in [0.25, 0.3) is 34.2 Å². The molecule has 0 aliphatic carbocycles. The topological polar surface area (TPSA) is 94.1 Å². The fraction of sp³-hybridized carbons (Fsp3) is 0. The Morgan fingerprint density at radius 1 is 0.560 bits per heavy atom. The molecule has 0 saturated carbocycles. The van der Waals surface area contributed by atoms with Crippen LogP contribution in [0, 0.1) is 46.5 Å². The smallest absolute Gasteiger partial charge is 0.173 e. The van der Waals surface area contributed by atoms with Gasteiger partial charge < -0.3 is 5.73 Å². The second-order valence-corrected chi connectivity index (χ2v) is 9.89. The van der Waals surface area contributed by atoms with Crippen LogP contribution in [0.1, 0.15) is 15.9 Å². The quantitative estimate of drug-likeness (QED) is 0.0633. The first-order valence-corrected chi connectivity index (χ1v) is 14.3. The van der Waals surface area contributed by atoms with E-state index in [1.165, 1.54) is 0 Å². The summed E-state index contributed by atoms with van der Waals surface area (Å²) < 4.78 is 109. The first kappa shape index (κ1) is 36.8. The molecule has 0 unspecified atom stereocenters. The van der Waals surface area contributed by atoms with Crippen LogP contribution in [0.3, 0.4) is 0 Å². The fourth-order valence-corrected chi connectivity index (χ4v) is 4.14. The summed E-state index contributed by atoms with van der Waals surface area (Å²) in [7, 11) is 0. The normalized spacial score (nSPS) is 10.8. The van der Waals surface area contributed by atoms with Gasteiger partial charge in [0, 0.05) is 40.6 Å². The number of hydrogen-bond donors (Lipinski definition) is 1. The molecule has 0 bridgehead atoms. The monoisotopic (exact) mass is 713 g/mol. The molecule has 6 rings (SSSR count). The number of nitrogens with zero attached hydrogens (tertiary/aromatic N) is 4. The Morgan fingerprint density at radius 3 is 1.30 bits per heavy atom. The van der Waals surface area contributed by atoms with Gasteiger partial charge in [-0.25, -0.2) is 50.1 Å². The van der Waals surface area contributed by atoms with Crippen LogP contribution in [0.4, 0.5) is 35.1 Å². The van der Waals surface area contributed by atoms with E-state index >= 15 is 0 Å². The predicted molar refractivity (Wildman–Crippen MR) is 171 cm³/mol. The van der Waals surface area contributed by atoms with Crippen molar-refractivity contribution in [3.05, 3.63) is 161 Å². The zero-order valence-electron chi connectivity index (χ0n) is 25.1. The molecule has 0 atom stereocenters. The molecule has 1 heterocycles. The van der Waals surface area contributed by atoms with Crippen molar-refractivity contribution in [3.63, 3.8) is 0 Å². The SMILES string of the molecule is Fc1cc(F)c(F)c(-c2nc(-c3ccccc3)nc(-c3ccccc3)n2)c1F.NC(=NCl)c1ccccc1.O=Cc1c(F)c(F)cc(F)c1F. The molecular weight excluding hydrogens is 694 g/mol. The van der Waals surface area contributed by atoms with Gasteiger partial charge in [-0.3, -0.25) is 4.79 Å². The Kier molecular flexibility index (Phi) is 12.4. The van der Waals surface area contributed by atoms with E-state index in [9.17, 15) is 39.9 Å². The summed E-state index contributed by atoms with van der Waals surface area (Å²) in [5, 5.41) is 0. The first-order valence-electron chi connectivity index (χ1n) is 13.9. The van der Waals surface area contributed by atoms with E-state index < -0.39 is 63.5 Å². The summed E-state index contributed by atoms with van der Waals surface area (Å²) in [4.78, 5) is 22.4. The van der Waals surface area contributed by atoms with E-state index in [0.29, 0.717) is 17.0 Å². The van der Waals surface area contributed by atoms with Gasteiger partial charge in [0.1, 0.15) is 5.84 Å². The van der Waals surface area contributed by atoms with Gasteiger partial charge in [0.05, 0.1) is 11.1 Å². The van der Waals surface area contributed by atoms with Crippen molar-refractivity contribution < 1.29 is 39.9 Å². The number of carbonyl (C=O) groups is 1. The van der Waals surface area contributed by atoms with Gasteiger partial charge in [0.2, 0.25) is 0 Å². The molecule has 6 nitrogen and oxygen atoms in total. The summed E-state index contributed by atoms with van der Waals surface area (Å²) in [5.74, 6) is -12.6. The number of carbonyl (C=O) groups excluding carboxylic acids is 1. The molecule has 0 aliphatic rings. The molecular formula is C35H20ClF8N5O. The highest BCUT2D eigenvalue weighted by atomic mass is 35.5. The number of amidine groups is 1. The van der Waals surface area contributed by atoms with E-state index in [4.69, 9.17) is 17.5 Å². The van der Waals surface area contributed by atoms with Gasteiger partial charge in [0.15, 0.2) is 70.3 Å². The van der Waals surface area contributed by atoms with E-state index in [2.05, 4.69) is 19.5 Å². The van der Waals surface area contributed by atoms with E-state index in [0.717, 1.165) is 5.56 Å². The second kappa shape index (κ2) is 16.9. The standard InChI is InChI=1S/C21H11F4N3.C7H7ClN2.C7H2F4O/c22-14-11-15(23)18(25)16(17(14)24)21-27-19(12-7-3-1-4-8-12)26-20(28-21)13-9-5-2-6-10-13;8-10-7(9)6-4-2-1-3-5-6;8-4-1-5(9)7(11)3(2-12)6(4)10/h1-11H;1-5H,(H2,9,10);1-2H. The molecule has 2 N–H and O–H groups in total. The van der Waals surface area contributed by atoms with Gasteiger partial charge in [-0.1, -0.05) is 91.0 Å². The summed E-state index contributed by atoms with van der Waals surface area (Å²) in [6, 6.07) is 26.9. The Bertz CT molecular complexity index is 2030. The van der Waals surface area contributed by atoms with Gasteiger partial charge in [-0.05, 0) is 0 Å². The zero-order chi connectivity index (χ0) is 36.4. The van der Waals surface area contributed by atoms with Crippen molar-refractivity contribution in [1.82, 2.24) is 15.0 Å². The minimum Gasteiger partial charge on any atom is -0.382 e. The van der Waals surface area contributed by atoms with Gasteiger partial charge in [-0.2, -0.15) is 4.51 Å². The minimum absolute atomic E-state index is 0.0394. The second-order valence-electron chi connectivity index (χ2n) is 9.72. The number of benzene rings is 5. The maximum absolute atomic E-state index is 14.3. The third-order valence-electron chi connectivity index (χ3n) is 6.46. The number of halogens is 9. The van der Waals surface area contributed by atoms with Crippen LogP contribution < -0.4 is 5.73 Å². The molecule has 1 aromatic heterocycles. The van der Waals surface area contributed by atoms with Crippen molar-refractivity contribution in [2.45, 2.75) is 0 Å². The van der Waals surface area contributed by atoms with Gasteiger partial charge in [-0.15, -0.1) is 0 Å². The van der Waals surface area contributed by atoms with Crippen LogP contribution in [0.15, 0.2) is 108 Å². The summed E-state index contributed by atoms with van der Waals surface area (Å²) in [5.41, 5.74) is 5.16. The molecule has 0 radical (unpaired) electrons. The van der Waals surface area contributed by atoms with Crippen LogP contribution in [0.2, 0.25) is 0 Å². The molecule has 50 heavy (non-hydrogen) atoms. The Hall–Kier alpha value is -6.02. The molecule has 254 valence electrons.